The minimum Gasteiger partial charge on any atom is -0.388 e. The molecule has 2 saturated heterocycles. The van der Waals surface area contributed by atoms with Crippen LogP contribution in [0.5, 0.6) is 0 Å². The number of ether oxygens (including phenoxy) is 3. The molecule has 0 aromatic rings. The molecule has 2 heterocycles. The van der Waals surface area contributed by atoms with Gasteiger partial charge in [0, 0.05) is 0 Å². The van der Waals surface area contributed by atoms with Gasteiger partial charge >= 0.3 is 0 Å². The summed E-state index contributed by atoms with van der Waals surface area (Å²) in [5, 5.41) is 67.0. The topological polar surface area (TPSA) is 169 Å². The van der Waals surface area contributed by atoms with E-state index < -0.39 is 61.4 Å². The minimum absolute atomic E-state index is 0.390. The summed E-state index contributed by atoms with van der Waals surface area (Å²) < 4.78 is 15.3. The monoisotopic (exact) mass is 326 g/mol. The zero-order chi connectivity index (χ0) is 16.6. The standard InChI is InChI=1S/C12H22O10/c1-3-5(13)7(15)10(18)12(21-3)20-2-4-6(14)8(16)9(17)11(19)22-4/h3-19H,2H2,1H3/t3-,4+,5-,6-,7+,8-,9+,10+,11-,12+/m0/s1. The second-order valence-corrected chi connectivity index (χ2v) is 5.55. The van der Waals surface area contributed by atoms with Crippen LogP contribution in [0.2, 0.25) is 0 Å². The SMILES string of the molecule is C[C@@H]1O[C@@H](OC[C@H]2O[C@H](O)[C@H](O)[C@@H](O)[C@H]2O)[C@H](O)[C@H](O)[C@H]1O. The molecule has 0 aromatic heterocycles. The van der Waals surface area contributed by atoms with Gasteiger partial charge in [-0.05, 0) is 6.92 Å². The molecule has 0 bridgehead atoms. The van der Waals surface area contributed by atoms with Crippen molar-refractivity contribution >= 4 is 0 Å². The van der Waals surface area contributed by atoms with Crippen LogP contribution in [-0.4, -0.2) is 104 Å². The molecule has 10 nitrogen and oxygen atoms in total. The van der Waals surface area contributed by atoms with E-state index in [0.29, 0.717) is 0 Å². The van der Waals surface area contributed by atoms with Crippen molar-refractivity contribution in [3.05, 3.63) is 0 Å². The van der Waals surface area contributed by atoms with Gasteiger partial charge in [0.2, 0.25) is 0 Å². The van der Waals surface area contributed by atoms with E-state index in [1.807, 2.05) is 0 Å². The van der Waals surface area contributed by atoms with Gasteiger partial charge in [-0.15, -0.1) is 0 Å². The Morgan fingerprint density at radius 1 is 0.727 bits per heavy atom. The maximum atomic E-state index is 9.76. The molecule has 10 atom stereocenters. The Morgan fingerprint density at radius 3 is 1.95 bits per heavy atom. The lowest BCUT2D eigenvalue weighted by Gasteiger charge is -2.41. The molecule has 0 aliphatic carbocycles. The molecular formula is C12H22O10. The fourth-order valence-corrected chi connectivity index (χ4v) is 2.41. The van der Waals surface area contributed by atoms with Crippen molar-refractivity contribution in [2.45, 2.75) is 68.3 Å². The number of hydrogen-bond donors (Lipinski definition) is 7. The smallest absolute Gasteiger partial charge is 0.186 e. The van der Waals surface area contributed by atoms with E-state index in [1.165, 1.54) is 6.92 Å². The normalized spacial score (nSPS) is 53.5. The van der Waals surface area contributed by atoms with Crippen molar-refractivity contribution in [2.24, 2.45) is 0 Å². The summed E-state index contributed by atoms with van der Waals surface area (Å²) in [7, 11) is 0. The average Bonchev–Trinajstić information content (AvgIpc) is 2.49. The predicted molar refractivity (Wildman–Crippen MR) is 67.2 cm³/mol. The Balaban J connectivity index is 1.92. The number of hydrogen-bond acceptors (Lipinski definition) is 10. The van der Waals surface area contributed by atoms with E-state index in [4.69, 9.17) is 14.2 Å². The molecule has 0 saturated carbocycles. The molecule has 7 N–H and O–H groups in total. The first-order chi connectivity index (χ1) is 10.2. The van der Waals surface area contributed by atoms with Gasteiger partial charge in [0.05, 0.1) is 12.7 Å². The maximum absolute atomic E-state index is 9.76. The van der Waals surface area contributed by atoms with Crippen LogP contribution in [0, 0.1) is 0 Å². The van der Waals surface area contributed by atoms with Gasteiger partial charge in [-0.1, -0.05) is 0 Å². The van der Waals surface area contributed by atoms with Crippen LogP contribution in [0.4, 0.5) is 0 Å². The summed E-state index contributed by atoms with van der Waals surface area (Å²) in [6, 6.07) is 0. The summed E-state index contributed by atoms with van der Waals surface area (Å²) in [5.41, 5.74) is 0. The molecule has 2 rings (SSSR count). The van der Waals surface area contributed by atoms with Crippen molar-refractivity contribution in [3.8, 4) is 0 Å². The van der Waals surface area contributed by atoms with Gasteiger partial charge in [-0.25, -0.2) is 0 Å². The van der Waals surface area contributed by atoms with E-state index >= 15 is 0 Å². The highest BCUT2D eigenvalue weighted by Gasteiger charge is 2.45. The van der Waals surface area contributed by atoms with Crippen molar-refractivity contribution in [1.82, 2.24) is 0 Å². The summed E-state index contributed by atoms with van der Waals surface area (Å²) in [4.78, 5) is 0. The highest BCUT2D eigenvalue weighted by molar-refractivity contribution is 4.90. The van der Waals surface area contributed by atoms with Crippen LogP contribution in [0.3, 0.4) is 0 Å². The van der Waals surface area contributed by atoms with Crippen molar-refractivity contribution in [1.29, 1.82) is 0 Å². The Bertz CT molecular complexity index is 334. The summed E-state index contributed by atoms with van der Waals surface area (Å²) in [6.07, 6.45) is -14.0. The highest BCUT2D eigenvalue weighted by atomic mass is 16.7. The molecule has 0 unspecified atom stereocenters. The third-order valence-corrected chi connectivity index (χ3v) is 3.92. The fraction of sp³-hybridized carbons (Fsp3) is 1.00. The van der Waals surface area contributed by atoms with Crippen LogP contribution in [0.1, 0.15) is 6.92 Å². The Hall–Kier alpha value is -0.400. The summed E-state index contributed by atoms with van der Waals surface area (Å²) in [5.74, 6) is 0. The molecular weight excluding hydrogens is 304 g/mol. The van der Waals surface area contributed by atoms with Crippen molar-refractivity contribution in [2.75, 3.05) is 6.61 Å². The van der Waals surface area contributed by atoms with Gasteiger partial charge in [-0.2, -0.15) is 0 Å². The third kappa shape index (κ3) is 3.41. The second-order valence-electron chi connectivity index (χ2n) is 5.55. The number of rotatable bonds is 3. The van der Waals surface area contributed by atoms with Gasteiger partial charge in [0.15, 0.2) is 12.6 Å². The van der Waals surface area contributed by atoms with Crippen LogP contribution >= 0.6 is 0 Å². The third-order valence-electron chi connectivity index (χ3n) is 3.92. The van der Waals surface area contributed by atoms with E-state index in [1.54, 1.807) is 0 Å². The van der Waals surface area contributed by atoms with Crippen LogP contribution in [-0.2, 0) is 14.2 Å². The molecule has 2 aliphatic rings. The van der Waals surface area contributed by atoms with E-state index in [0.717, 1.165) is 0 Å². The zero-order valence-corrected chi connectivity index (χ0v) is 11.8. The van der Waals surface area contributed by atoms with Gasteiger partial charge in [-0.3, -0.25) is 0 Å². The minimum atomic E-state index is -1.70. The molecule has 0 radical (unpaired) electrons. The van der Waals surface area contributed by atoms with Gasteiger partial charge < -0.3 is 50.0 Å². The number of aliphatic hydroxyl groups excluding tert-OH is 7. The van der Waals surface area contributed by atoms with Crippen LogP contribution in [0.15, 0.2) is 0 Å². The highest BCUT2D eigenvalue weighted by Crippen LogP contribution is 2.24. The lowest BCUT2D eigenvalue weighted by molar-refractivity contribution is -0.322. The lowest BCUT2D eigenvalue weighted by Crippen LogP contribution is -2.60. The summed E-state index contributed by atoms with van der Waals surface area (Å²) in [6.45, 7) is 1.09. The molecule has 22 heavy (non-hydrogen) atoms. The van der Waals surface area contributed by atoms with Gasteiger partial charge in [0.1, 0.15) is 42.7 Å². The average molecular weight is 326 g/mol. The van der Waals surface area contributed by atoms with Crippen molar-refractivity contribution < 1.29 is 50.0 Å². The van der Waals surface area contributed by atoms with Crippen LogP contribution in [0.25, 0.3) is 0 Å². The molecule has 0 amide bonds. The first kappa shape index (κ1) is 17.9. The zero-order valence-electron chi connectivity index (χ0n) is 11.8. The lowest BCUT2D eigenvalue weighted by atomic mass is 9.99. The van der Waals surface area contributed by atoms with E-state index in [9.17, 15) is 35.7 Å². The largest absolute Gasteiger partial charge is 0.388 e. The quantitative estimate of drug-likeness (QED) is 0.269. The van der Waals surface area contributed by atoms with Crippen molar-refractivity contribution in [3.63, 3.8) is 0 Å². The first-order valence-electron chi connectivity index (χ1n) is 6.93. The Kier molecular flexibility index (Phi) is 5.72. The Labute approximate surface area is 126 Å². The Morgan fingerprint density at radius 2 is 1.32 bits per heavy atom. The molecule has 0 spiro atoms. The predicted octanol–water partition coefficient (Wildman–Crippen LogP) is -4.37. The molecule has 130 valence electrons. The fourth-order valence-electron chi connectivity index (χ4n) is 2.41. The molecule has 2 fully saturated rings. The summed E-state index contributed by atoms with van der Waals surface area (Å²) >= 11 is 0. The molecule has 10 heteroatoms. The molecule has 0 aromatic carbocycles. The first-order valence-corrected chi connectivity index (χ1v) is 6.93. The van der Waals surface area contributed by atoms with E-state index in [-0.39, 0.29) is 6.61 Å². The maximum Gasteiger partial charge on any atom is 0.186 e. The number of aliphatic hydroxyl groups is 7. The van der Waals surface area contributed by atoms with Gasteiger partial charge in [0.25, 0.3) is 0 Å². The molecule has 2 aliphatic heterocycles. The van der Waals surface area contributed by atoms with E-state index in [2.05, 4.69) is 0 Å². The second kappa shape index (κ2) is 7.01. The van der Waals surface area contributed by atoms with Crippen LogP contribution < -0.4 is 0 Å².